The fourth-order valence-electron chi connectivity index (χ4n) is 2.44. The van der Waals surface area contributed by atoms with E-state index in [0.29, 0.717) is 16.6 Å². The molecule has 0 saturated carbocycles. The van der Waals surface area contributed by atoms with Gasteiger partial charge in [0.2, 0.25) is 10.0 Å². The number of furan rings is 1. The van der Waals surface area contributed by atoms with Gasteiger partial charge >= 0.3 is 5.97 Å². The molecular formula is C16H15NO5S. The van der Waals surface area contributed by atoms with Gasteiger partial charge in [-0.25, -0.2) is 8.42 Å². The van der Waals surface area contributed by atoms with Crippen molar-refractivity contribution >= 4 is 37.9 Å². The first-order chi connectivity index (χ1) is 10.9. The Morgan fingerprint density at radius 1 is 1.17 bits per heavy atom. The fraction of sp³-hybridized carbons (Fsp3) is 0.188. The van der Waals surface area contributed by atoms with Crippen LogP contribution in [-0.2, 0) is 14.8 Å². The van der Waals surface area contributed by atoms with Crippen molar-refractivity contribution in [1.29, 1.82) is 0 Å². The third-order valence-corrected chi connectivity index (χ3v) is 5.13. The summed E-state index contributed by atoms with van der Waals surface area (Å²) in [7, 11) is -3.93. The maximum absolute atomic E-state index is 12.4. The average molecular weight is 333 g/mol. The standard InChI is InChI=1S/C16H15NO5S/c1-2-13(16(18)19)17-23(20,21)10-7-8-15-12(9-10)11-5-3-4-6-14(11)22-15/h3-9,13,17H,2H2,1H3,(H,18,19)/t13-/m0/s1. The Kier molecular flexibility index (Phi) is 3.83. The van der Waals surface area contributed by atoms with Gasteiger partial charge in [-0.3, -0.25) is 4.79 Å². The van der Waals surface area contributed by atoms with E-state index in [9.17, 15) is 13.2 Å². The summed E-state index contributed by atoms with van der Waals surface area (Å²) in [6.45, 7) is 1.61. The minimum absolute atomic E-state index is 0.0104. The largest absolute Gasteiger partial charge is 0.480 e. The smallest absolute Gasteiger partial charge is 0.321 e. The van der Waals surface area contributed by atoms with Crippen LogP contribution in [0.4, 0.5) is 0 Å². The van der Waals surface area contributed by atoms with Crippen molar-refractivity contribution in [3.05, 3.63) is 42.5 Å². The van der Waals surface area contributed by atoms with E-state index in [0.717, 1.165) is 5.39 Å². The van der Waals surface area contributed by atoms with Crippen LogP contribution in [0.3, 0.4) is 0 Å². The molecule has 0 spiro atoms. The van der Waals surface area contributed by atoms with Crippen molar-refractivity contribution in [1.82, 2.24) is 4.72 Å². The van der Waals surface area contributed by atoms with Gasteiger partial charge in [-0.2, -0.15) is 4.72 Å². The number of para-hydroxylation sites is 1. The highest BCUT2D eigenvalue weighted by Gasteiger charge is 2.24. The van der Waals surface area contributed by atoms with Crippen LogP contribution in [0, 0.1) is 0 Å². The molecule has 2 N–H and O–H groups in total. The molecule has 0 aliphatic rings. The molecule has 0 unspecified atom stereocenters. The van der Waals surface area contributed by atoms with Crippen LogP contribution in [0.25, 0.3) is 21.9 Å². The van der Waals surface area contributed by atoms with Crippen molar-refractivity contribution in [3.8, 4) is 0 Å². The predicted molar refractivity (Wildman–Crippen MR) is 85.8 cm³/mol. The molecule has 0 radical (unpaired) electrons. The number of nitrogens with one attached hydrogen (secondary N) is 1. The van der Waals surface area contributed by atoms with E-state index in [4.69, 9.17) is 9.52 Å². The second-order valence-electron chi connectivity index (χ2n) is 5.18. The number of hydrogen-bond donors (Lipinski definition) is 2. The monoisotopic (exact) mass is 333 g/mol. The fourth-order valence-corrected chi connectivity index (χ4v) is 3.73. The first-order valence-corrected chi connectivity index (χ1v) is 8.57. The summed E-state index contributed by atoms with van der Waals surface area (Å²) in [6, 6.07) is 10.6. The third-order valence-electron chi connectivity index (χ3n) is 3.66. The predicted octanol–water partition coefficient (Wildman–Crippen LogP) is 2.73. The summed E-state index contributed by atoms with van der Waals surface area (Å²) in [6.07, 6.45) is 0.158. The van der Waals surface area contributed by atoms with Crippen molar-refractivity contribution in [2.24, 2.45) is 0 Å². The van der Waals surface area contributed by atoms with Crippen molar-refractivity contribution in [2.75, 3.05) is 0 Å². The van der Waals surface area contributed by atoms with E-state index in [1.165, 1.54) is 12.1 Å². The zero-order valence-electron chi connectivity index (χ0n) is 12.3. The Balaban J connectivity index is 2.08. The molecule has 3 rings (SSSR count). The summed E-state index contributed by atoms with van der Waals surface area (Å²) >= 11 is 0. The van der Waals surface area contributed by atoms with Crippen LogP contribution in [0.15, 0.2) is 51.8 Å². The molecule has 0 aliphatic heterocycles. The maximum atomic E-state index is 12.4. The highest BCUT2D eigenvalue weighted by atomic mass is 32.2. The number of carbonyl (C=O) groups is 1. The molecule has 1 heterocycles. The number of carboxylic acids is 1. The van der Waals surface area contributed by atoms with Crippen LogP contribution < -0.4 is 4.72 Å². The van der Waals surface area contributed by atoms with Crippen LogP contribution in [0.5, 0.6) is 0 Å². The van der Waals surface area contributed by atoms with E-state index in [2.05, 4.69) is 4.72 Å². The molecule has 120 valence electrons. The van der Waals surface area contributed by atoms with Gasteiger partial charge in [0, 0.05) is 10.8 Å². The van der Waals surface area contributed by atoms with E-state index >= 15 is 0 Å². The van der Waals surface area contributed by atoms with Crippen LogP contribution in [0.1, 0.15) is 13.3 Å². The topological polar surface area (TPSA) is 96.6 Å². The van der Waals surface area contributed by atoms with Gasteiger partial charge in [0.25, 0.3) is 0 Å². The summed E-state index contributed by atoms with van der Waals surface area (Å²) < 4.78 is 32.7. The van der Waals surface area contributed by atoms with Crippen molar-refractivity contribution in [2.45, 2.75) is 24.3 Å². The Morgan fingerprint density at radius 3 is 2.57 bits per heavy atom. The maximum Gasteiger partial charge on any atom is 0.321 e. The molecule has 0 bridgehead atoms. The Bertz CT molecular complexity index is 990. The number of hydrogen-bond acceptors (Lipinski definition) is 4. The number of aliphatic carboxylic acids is 1. The first-order valence-electron chi connectivity index (χ1n) is 7.09. The van der Waals surface area contributed by atoms with E-state index in [1.54, 1.807) is 19.1 Å². The van der Waals surface area contributed by atoms with Crippen molar-refractivity contribution in [3.63, 3.8) is 0 Å². The lowest BCUT2D eigenvalue weighted by atomic mass is 10.1. The average Bonchev–Trinajstić information content (AvgIpc) is 2.90. The Hall–Kier alpha value is -2.38. The Labute approximate surface area is 132 Å². The summed E-state index contributed by atoms with van der Waals surface area (Å²) in [5.74, 6) is -1.20. The third kappa shape index (κ3) is 2.80. The molecule has 0 saturated heterocycles. The van der Waals surface area contributed by atoms with E-state index < -0.39 is 22.0 Å². The highest BCUT2D eigenvalue weighted by Crippen LogP contribution is 2.30. The first kappa shape index (κ1) is 15.5. The van der Waals surface area contributed by atoms with E-state index in [-0.39, 0.29) is 11.3 Å². The van der Waals surface area contributed by atoms with Crippen LogP contribution in [0.2, 0.25) is 0 Å². The van der Waals surface area contributed by atoms with Crippen LogP contribution >= 0.6 is 0 Å². The molecular weight excluding hydrogens is 318 g/mol. The summed E-state index contributed by atoms with van der Waals surface area (Å²) in [4.78, 5) is 11.1. The number of fused-ring (bicyclic) bond motifs is 3. The number of rotatable bonds is 5. The number of benzene rings is 2. The van der Waals surface area contributed by atoms with Crippen LogP contribution in [-0.4, -0.2) is 25.5 Å². The lowest BCUT2D eigenvalue weighted by Gasteiger charge is -2.12. The highest BCUT2D eigenvalue weighted by molar-refractivity contribution is 7.89. The quantitative estimate of drug-likeness (QED) is 0.748. The molecule has 6 nitrogen and oxygen atoms in total. The number of carboxylic acid groups (broad SMARTS) is 1. The van der Waals surface area contributed by atoms with Gasteiger partial charge in [-0.1, -0.05) is 25.1 Å². The molecule has 0 fully saturated rings. The molecule has 0 amide bonds. The minimum Gasteiger partial charge on any atom is -0.480 e. The minimum atomic E-state index is -3.93. The van der Waals surface area contributed by atoms with Gasteiger partial charge in [0.1, 0.15) is 17.2 Å². The molecule has 2 aromatic carbocycles. The van der Waals surface area contributed by atoms with E-state index in [1.807, 2.05) is 18.2 Å². The zero-order chi connectivity index (χ0) is 16.6. The molecule has 1 aromatic heterocycles. The second kappa shape index (κ2) is 5.68. The van der Waals surface area contributed by atoms with Gasteiger partial charge in [0.15, 0.2) is 0 Å². The molecule has 0 aliphatic carbocycles. The molecule has 1 atom stereocenters. The molecule has 3 aromatic rings. The summed E-state index contributed by atoms with van der Waals surface area (Å²) in [5, 5.41) is 10.5. The van der Waals surface area contributed by atoms with Gasteiger partial charge in [-0.05, 0) is 30.7 Å². The lowest BCUT2D eigenvalue weighted by Crippen LogP contribution is -2.40. The molecule has 7 heteroatoms. The van der Waals surface area contributed by atoms with Gasteiger partial charge < -0.3 is 9.52 Å². The van der Waals surface area contributed by atoms with Crippen molar-refractivity contribution < 1.29 is 22.7 Å². The van der Waals surface area contributed by atoms with Gasteiger partial charge in [-0.15, -0.1) is 0 Å². The lowest BCUT2D eigenvalue weighted by molar-refractivity contribution is -0.139. The second-order valence-corrected chi connectivity index (χ2v) is 6.89. The number of sulfonamides is 1. The SMILES string of the molecule is CC[C@H](NS(=O)(=O)c1ccc2oc3ccccc3c2c1)C(=O)O. The van der Waals surface area contributed by atoms with Gasteiger partial charge in [0.05, 0.1) is 4.90 Å². The Morgan fingerprint density at radius 2 is 1.87 bits per heavy atom. The zero-order valence-corrected chi connectivity index (χ0v) is 13.1. The normalized spacial score (nSPS) is 13.4. The molecule has 23 heavy (non-hydrogen) atoms. The summed E-state index contributed by atoms with van der Waals surface area (Å²) in [5.41, 5.74) is 1.25.